The number of nitrogens with one attached hydrogen (secondary N) is 1. The van der Waals surface area contributed by atoms with E-state index in [1.54, 1.807) is 0 Å². The van der Waals surface area contributed by atoms with Crippen molar-refractivity contribution in [1.82, 2.24) is 5.32 Å². The van der Waals surface area contributed by atoms with Gasteiger partial charge in [0.25, 0.3) is 0 Å². The van der Waals surface area contributed by atoms with Gasteiger partial charge < -0.3 is 5.32 Å². The van der Waals surface area contributed by atoms with Crippen molar-refractivity contribution in [1.29, 1.82) is 0 Å². The molecule has 0 saturated heterocycles. The standard InChI is InChI=1S/C16H25Cl2N/c1-4-6-9-13(8-5-2)19-12(3)14-10-7-11-15(17)16(14)18/h7,10-13,19H,4-6,8-9H2,1-3H3. The van der Waals surface area contributed by atoms with Gasteiger partial charge in [-0.05, 0) is 31.4 Å². The fraction of sp³-hybridized carbons (Fsp3) is 0.625. The minimum atomic E-state index is 0.236. The molecule has 0 spiro atoms. The molecule has 1 nitrogen and oxygen atoms in total. The molecule has 19 heavy (non-hydrogen) atoms. The van der Waals surface area contributed by atoms with E-state index in [9.17, 15) is 0 Å². The molecule has 0 saturated carbocycles. The summed E-state index contributed by atoms with van der Waals surface area (Å²) in [6.45, 7) is 6.63. The maximum Gasteiger partial charge on any atom is 0.0639 e. The molecule has 108 valence electrons. The summed E-state index contributed by atoms with van der Waals surface area (Å²) in [5.41, 5.74) is 1.09. The molecule has 0 aliphatic heterocycles. The molecule has 2 unspecified atom stereocenters. The zero-order chi connectivity index (χ0) is 14.3. The van der Waals surface area contributed by atoms with Crippen LogP contribution in [0.4, 0.5) is 0 Å². The van der Waals surface area contributed by atoms with Gasteiger partial charge in [-0.1, -0.05) is 68.4 Å². The van der Waals surface area contributed by atoms with Crippen LogP contribution in [0, 0.1) is 0 Å². The van der Waals surface area contributed by atoms with Crippen LogP contribution in [-0.2, 0) is 0 Å². The second-order valence-corrected chi connectivity index (χ2v) is 5.94. The molecule has 1 aromatic carbocycles. The fourth-order valence-corrected chi connectivity index (χ4v) is 2.88. The van der Waals surface area contributed by atoms with Crippen molar-refractivity contribution in [2.45, 2.75) is 65.0 Å². The molecule has 1 N–H and O–H groups in total. The highest BCUT2D eigenvalue weighted by Gasteiger charge is 2.15. The molecule has 1 aromatic rings. The van der Waals surface area contributed by atoms with E-state index in [0.29, 0.717) is 16.1 Å². The summed E-state index contributed by atoms with van der Waals surface area (Å²) in [4.78, 5) is 0. The minimum Gasteiger partial charge on any atom is -0.307 e. The van der Waals surface area contributed by atoms with Crippen molar-refractivity contribution >= 4 is 23.2 Å². The Labute approximate surface area is 127 Å². The average molecular weight is 302 g/mol. The molecule has 0 aliphatic rings. The molecule has 0 heterocycles. The van der Waals surface area contributed by atoms with Gasteiger partial charge >= 0.3 is 0 Å². The Hall–Kier alpha value is -0.240. The highest BCUT2D eigenvalue weighted by Crippen LogP contribution is 2.30. The third-order valence-corrected chi connectivity index (χ3v) is 4.31. The van der Waals surface area contributed by atoms with Gasteiger partial charge in [-0.2, -0.15) is 0 Å². The number of hydrogen-bond donors (Lipinski definition) is 1. The Bertz CT molecular complexity index is 379. The predicted molar refractivity (Wildman–Crippen MR) is 86.2 cm³/mol. The van der Waals surface area contributed by atoms with E-state index in [0.717, 1.165) is 5.56 Å². The van der Waals surface area contributed by atoms with Crippen LogP contribution >= 0.6 is 23.2 Å². The lowest BCUT2D eigenvalue weighted by Gasteiger charge is -2.24. The van der Waals surface area contributed by atoms with E-state index in [1.807, 2.05) is 12.1 Å². The molecule has 0 fully saturated rings. The van der Waals surface area contributed by atoms with Crippen molar-refractivity contribution in [3.8, 4) is 0 Å². The molecular weight excluding hydrogens is 277 g/mol. The number of benzene rings is 1. The van der Waals surface area contributed by atoms with Crippen molar-refractivity contribution in [2.24, 2.45) is 0 Å². The maximum absolute atomic E-state index is 6.28. The van der Waals surface area contributed by atoms with Gasteiger partial charge in [0.15, 0.2) is 0 Å². The first kappa shape index (κ1) is 16.8. The van der Waals surface area contributed by atoms with Crippen LogP contribution in [0.25, 0.3) is 0 Å². The monoisotopic (exact) mass is 301 g/mol. The van der Waals surface area contributed by atoms with E-state index in [-0.39, 0.29) is 6.04 Å². The molecule has 0 bridgehead atoms. The van der Waals surface area contributed by atoms with Crippen LogP contribution in [0.2, 0.25) is 10.0 Å². The van der Waals surface area contributed by atoms with Crippen LogP contribution in [0.1, 0.15) is 64.5 Å². The first-order valence-electron chi connectivity index (χ1n) is 7.30. The number of halogens is 2. The fourth-order valence-electron chi connectivity index (χ4n) is 2.41. The Morgan fingerprint density at radius 2 is 1.84 bits per heavy atom. The lowest BCUT2D eigenvalue weighted by Crippen LogP contribution is -2.31. The zero-order valence-corrected chi connectivity index (χ0v) is 13.7. The van der Waals surface area contributed by atoms with Gasteiger partial charge in [0.2, 0.25) is 0 Å². The van der Waals surface area contributed by atoms with Gasteiger partial charge in [-0.3, -0.25) is 0 Å². The van der Waals surface area contributed by atoms with E-state index in [2.05, 4.69) is 32.2 Å². The van der Waals surface area contributed by atoms with Crippen molar-refractivity contribution in [3.05, 3.63) is 33.8 Å². The maximum atomic E-state index is 6.28. The minimum absolute atomic E-state index is 0.236. The Morgan fingerprint density at radius 1 is 1.11 bits per heavy atom. The largest absolute Gasteiger partial charge is 0.307 e. The smallest absolute Gasteiger partial charge is 0.0639 e. The lowest BCUT2D eigenvalue weighted by molar-refractivity contribution is 0.396. The van der Waals surface area contributed by atoms with Crippen molar-refractivity contribution in [3.63, 3.8) is 0 Å². The molecule has 1 rings (SSSR count). The molecule has 0 radical (unpaired) electrons. The Morgan fingerprint density at radius 3 is 2.47 bits per heavy atom. The van der Waals surface area contributed by atoms with E-state index >= 15 is 0 Å². The summed E-state index contributed by atoms with van der Waals surface area (Å²) in [5, 5.41) is 5.00. The van der Waals surface area contributed by atoms with Gasteiger partial charge in [-0.15, -0.1) is 0 Å². The zero-order valence-electron chi connectivity index (χ0n) is 12.2. The summed E-state index contributed by atoms with van der Waals surface area (Å²) < 4.78 is 0. The number of rotatable bonds is 8. The van der Waals surface area contributed by atoms with Gasteiger partial charge in [0.1, 0.15) is 0 Å². The molecule has 0 aliphatic carbocycles. The van der Waals surface area contributed by atoms with E-state index < -0.39 is 0 Å². The summed E-state index contributed by atoms with van der Waals surface area (Å²) in [6, 6.07) is 6.65. The molecular formula is C16H25Cl2N. The number of hydrogen-bond acceptors (Lipinski definition) is 1. The quantitative estimate of drug-likeness (QED) is 0.620. The summed E-state index contributed by atoms with van der Waals surface area (Å²) in [5.74, 6) is 0. The van der Waals surface area contributed by atoms with E-state index in [1.165, 1.54) is 32.1 Å². The number of unbranched alkanes of at least 4 members (excludes halogenated alkanes) is 1. The average Bonchev–Trinajstić information content (AvgIpc) is 2.39. The highest BCUT2D eigenvalue weighted by molar-refractivity contribution is 6.42. The molecule has 0 amide bonds. The van der Waals surface area contributed by atoms with Crippen LogP contribution in [0.5, 0.6) is 0 Å². The summed E-state index contributed by atoms with van der Waals surface area (Å²) in [7, 11) is 0. The second kappa shape index (κ2) is 8.84. The Balaban J connectivity index is 2.69. The SMILES string of the molecule is CCCCC(CCC)NC(C)c1cccc(Cl)c1Cl. The van der Waals surface area contributed by atoms with Gasteiger partial charge in [0, 0.05) is 12.1 Å². The van der Waals surface area contributed by atoms with E-state index in [4.69, 9.17) is 23.2 Å². The molecule has 2 atom stereocenters. The van der Waals surface area contributed by atoms with Gasteiger partial charge in [0.05, 0.1) is 10.0 Å². The third-order valence-electron chi connectivity index (χ3n) is 3.48. The summed E-state index contributed by atoms with van der Waals surface area (Å²) >= 11 is 12.4. The van der Waals surface area contributed by atoms with Crippen LogP contribution < -0.4 is 5.32 Å². The van der Waals surface area contributed by atoms with Crippen LogP contribution in [0.15, 0.2) is 18.2 Å². The molecule has 0 aromatic heterocycles. The van der Waals surface area contributed by atoms with Crippen LogP contribution in [-0.4, -0.2) is 6.04 Å². The first-order chi connectivity index (χ1) is 9.10. The highest BCUT2D eigenvalue weighted by atomic mass is 35.5. The second-order valence-electron chi connectivity index (χ2n) is 5.16. The predicted octanol–water partition coefficient (Wildman–Crippen LogP) is 6.00. The van der Waals surface area contributed by atoms with Crippen LogP contribution in [0.3, 0.4) is 0 Å². The first-order valence-corrected chi connectivity index (χ1v) is 8.05. The topological polar surface area (TPSA) is 12.0 Å². The van der Waals surface area contributed by atoms with Gasteiger partial charge in [-0.25, -0.2) is 0 Å². The molecule has 3 heteroatoms. The third kappa shape index (κ3) is 5.33. The van der Waals surface area contributed by atoms with Crippen molar-refractivity contribution < 1.29 is 0 Å². The lowest BCUT2D eigenvalue weighted by atomic mass is 10.0. The summed E-state index contributed by atoms with van der Waals surface area (Å²) in [6.07, 6.45) is 6.16. The Kier molecular flexibility index (Phi) is 7.82. The normalized spacial score (nSPS) is 14.4. The van der Waals surface area contributed by atoms with Crippen molar-refractivity contribution in [2.75, 3.05) is 0 Å².